The molecule has 1 heterocycles. The fourth-order valence-corrected chi connectivity index (χ4v) is 2.23. The quantitative estimate of drug-likeness (QED) is 0.366. The minimum atomic E-state index is 0. The van der Waals surface area contributed by atoms with Crippen LogP contribution in [-0.4, -0.2) is 31.1 Å². The van der Waals surface area contributed by atoms with Crippen LogP contribution in [-0.2, 0) is 24.3 Å². The number of rotatable bonds is 8. The van der Waals surface area contributed by atoms with Gasteiger partial charge in [-0.15, -0.1) is 24.0 Å². The van der Waals surface area contributed by atoms with Gasteiger partial charge in [0.25, 0.3) is 0 Å². The van der Waals surface area contributed by atoms with Crippen LogP contribution in [0.1, 0.15) is 23.7 Å². The molecule has 2 aromatic rings. The van der Waals surface area contributed by atoms with E-state index >= 15 is 0 Å². The summed E-state index contributed by atoms with van der Waals surface area (Å²) in [7, 11) is 1.78. The number of benzene rings is 1. The van der Waals surface area contributed by atoms with Gasteiger partial charge in [-0.1, -0.05) is 30.3 Å². The van der Waals surface area contributed by atoms with Gasteiger partial charge in [0.2, 0.25) is 0 Å². The monoisotopic (exact) mass is 454 g/mol. The fraction of sp³-hybridized carbons (Fsp3) is 0.368. The summed E-state index contributed by atoms with van der Waals surface area (Å²) in [5, 5.41) is 6.63. The van der Waals surface area contributed by atoms with E-state index in [1.165, 1.54) is 11.1 Å². The van der Waals surface area contributed by atoms with Crippen molar-refractivity contribution >= 4 is 29.9 Å². The molecule has 1 aromatic carbocycles. The third kappa shape index (κ3) is 8.31. The summed E-state index contributed by atoms with van der Waals surface area (Å²) in [6, 6.07) is 14.4. The maximum absolute atomic E-state index is 5.41. The molecule has 5 nitrogen and oxygen atoms in total. The number of guanidine groups is 1. The predicted molar refractivity (Wildman–Crippen MR) is 113 cm³/mol. The van der Waals surface area contributed by atoms with Gasteiger partial charge in [-0.05, 0) is 30.2 Å². The van der Waals surface area contributed by atoms with Gasteiger partial charge in [-0.25, -0.2) is 0 Å². The molecular weight excluding hydrogens is 427 g/mol. The molecule has 6 heteroatoms. The zero-order chi connectivity index (χ0) is 17.0. The maximum Gasteiger partial charge on any atom is 0.191 e. The number of aliphatic imine (C=N–C) groups is 1. The lowest BCUT2D eigenvalue weighted by Gasteiger charge is -2.12. The number of hydrogen-bond donors (Lipinski definition) is 2. The number of hydrogen-bond acceptors (Lipinski definition) is 3. The number of halogens is 1. The van der Waals surface area contributed by atoms with Crippen LogP contribution < -0.4 is 10.6 Å². The van der Waals surface area contributed by atoms with E-state index in [-0.39, 0.29) is 24.0 Å². The van der Waals surface area contributed by atoms with Crippen molar-refractivity contribution in [3.05, 3.63) is 65.5 Å². The van der Waals surface area contributed by atoms with E-state index in [0.29, 0.717) is 6.61 Å². The molecule has 0 bridgehead atoms. The second-order valence-corrected chi connectivity index (χ2v) is 5.38. The van der Waals surface area contributed by atoms with Gasteiger partial charge >= 0.3 is 0 Å². The Kier molecular flexibility index (Phi) is 10.8. The highest BCUT2D eigenvalue weighted by atomic mass is 127. The molecule has 0 aliphatic heterocycles. The predicted octanol–water partition coefficient (Wildman–Crippen LogP) is 3.14. The van der Waals surface area contributed by atoms with E-state index in [9.17, 15) is 0 Å². The van der Waals surface area contributed by atoms with Crippen LogP contribution in [0.4, 0.5) is 0 Å². The molecule has 2 N–H and O–H groups in total. The highest BCUT2D eigenvalue weighted by Crippen LogP contribution is 2.05. The van der Waals surface area contributed by atoms with Gasteiger partial charge in [0, 0.05) is 45.1 Å². The van der Waals surface area contributed by atoms with Crippen molar-refractivity contribution in [2.75, 3.05) is 20.2 Å². The summed E-state index contributed by atoms with van der Waals surface area (Å²) in [6.45, 7) is 4.94. The lowest BCUT2D eigenvalue weighted by atomic mass is 10.1. The van der Waals surface area contributed by atoms with Crippen molar-refractivity contribution in [3.8, 4) is 0 Å². The smallest absolute Gasteiger partial charge is 0.191 e. The molecule has 0 aliphatic carbocycles. The third-order valence-corrected chi connectivity index (χ3v) is 3.58. The van der Waals surface area contributed by atoms with Gasteiger partial charge in [-0.2, -0.15) is 0 Å². The molecule has 0 unspecified atom stereocenters. The lowest BCUT2D eigenvalue weighted by Crippen LogP contribution is -2.37. The number of nitrogens with one attached hydrogen (secondary N) is 2. The molecule has 0 amide bonds. The van der Waals surface area contributed by atoms with Crippen molar-refractivity contribution in [1.29, 1.82) is 0 Å². The molecule has 0 spiro atoms. The molecule has 0 fully saturated rings. The average molecular weight is 454 g/mol. The van der Waals surface area contributed by atoms with Crippen molar-refractivity contribution in [2.24, 2.45) is 4.99 Å². The van der Waals surface area contributed by atoms with Crippen LogP contribution in [0.2, 0.25) is 0 Å². The highest BCUT2D eigenvalue weighted by Gasteiger charge is 2.00. The molecule has 0 aliphatic rings. The Balaban J connectivity index is 0.00000312. The van der Waals surface area contributed by atoms with Crippen molar-refractivity contribution in [1.82, 2.24) is 15.6 Å². The van der Waals surface area contributed by atoms with Crippen molar-refractivity contribution in [2.45, 2.75) is 26.5 Å². The lowest BCUT2D eigenvalue weighted by molar-refractivity contribution is 0.134. The van der Waals surface area contributed by atoms with E-state index in [0.717, 1.165) is 37.8 Å². The SMILES string of the molecule is CCOCc1ccc(CNC(=NC)NCCc2ccccn2)cc1.I. The van der Waals surface area contributed by atoms with Gasteiger partial charge in [0.05, 0.1) is 6.61 Å². The van der Waals surface area contributed by atoms with E-state index in [1.54, 1.807) is 7.05 Å². The van der Waals surface area contributed by atoms with E-state index < -0.39 is 0 Å². The first-order valence-electron chi connectivity index (χ1n) is 8.31. The molecule has 2 rings (SSSR count). The van der Waals surface area contributed by atoms with E-state index in [2.05, 4.69) is 44.9 Å². The zero-order valence-electron chi connectivity index (χ0n) is 14.9. The van der Waals surface area contributed by atoms with Gasteiger partial charge in [-0.3, -0.25) is 9.98 Å². The van der Waals surface area contributed by atoms with Crippen LogP contribution in [0.3, 0.4) is 0 Å². The Morgan fingerprint density at radius 1 is 1.08 bits per heavy atom. The van der Waals surface area contributed by atoms with Crippen LogP contribution in [0.15, 0.2) is 53.7 Å². The minimum absolute atomic E-state index is 0. The fourth-order valence-electron chi connectivity index (χ4n) is 2.23. The van der Waals surface area contributed by atoms with Crippen LogP contribution >= 0.6 is 24.0 Å². The number of ether oxygens (including phenoxy) is 1. The first-order chi connectivity index (χ1) is 11.8. The summed E-state index contributed by atoms with van der Waals surface area (Å²) >= 11 is 0. The van der Waals surface area contributed by atoms with Crippen LogP contribution in [0, 0.1) is 0 Å². The Morgan fingerprint density at radius 2 is 1.84 bits per heavy atom. The molecule has 25 heavy (non-hydrogen) atoms. The first kappa shape index (κ1) is 21.4. The first-order valence-corrected chi connectivity index (χ1v) is 8.31. The summed E-state index contributed by atoms with van der Waals surface area (Å²) in [6.07, 6.45) is 2.69. The normalized spacial score (nSPS) is 10.9. The molecule has 0 saturated heterocycles. The molecule has 0 saturated carbocycles. The molecular formula is C19H27IN4O. The average Bonchev–Trinajstić information content (AvgIpc) is 2.64. The minimum Gasteiger partial charge on any atom is -0.377 e. The summed E-state index contributed by atoms with van der Waals surface area (Å²) in [4.78, 5) is 8.56. The Morgan fingerprint density at radius 3 is 2.48 bits per heavy atom. The largest absolute Gasteiger partial charge is 0.377 e. The standard InChI is InChI=1S/C19H26N4O.HI/c1-3-24-15-17-9-7-16(8-10-17)14-23-19(20-2)22-13-11-18-6-4-5-12-21-18;/h4-10,12H,3,11,13-15H2,1-2H3,(H2,20,22,23);1H. The highest BCUT2D eigenvalue weighted by molar-refractivity contribution is 14.0. The van der Waals surface area contributed by atoms with Gasteiger partial charge < -0.3 is 15.4 Å². The summed E-state index contributed by atoms with van der Waals surface area (Å²) in [5.41, 5.74) is 3.48. The van der Waals surface area contributed by atoms with Crippen LogP contribution in [0.5, 0.6) is 0 Å². The molecule has 0 atom stereocenters. The summed E-state index contributed by atoms with van der Waals surface area (Å²) < 4.78 is 5.41. The topological polar surface area (TPSA) is 58.5 Å². The van der Waals surface area contributed by atoms with Crippen LogP contribution in [0.25, 0.3) is 0 Å². The van der Waals surface area contributed by atoms with Crippen molar-refractivity contribution in [3.63, 3.8) is 0 Å². The maximum atomic E-state index is 5.41. The second-order valence-electron chi connectivity index (χ2n) is 5.38. The van der Waals surface area contributed by atoms with E-state index in [1.807, 2.05) is 31.3 Å². The summed E-state index contributed by atoms with van der Waals surface area (Å²) in [5.74, 6) is 0.796. The third-order valence-electron chi connectivity index (χ3n) is 3.58. The molecule has 0 radical (unpaired) electrons. The van der Waals surface area contributed by atoms with Gasteiger partial charge in [0.15, 0.2) is 5.96 Å². The zero-order valence-corrected chi connectivity index (χ0v) is 17.2. The molecule has 136 valence electrons. The molecule has 1 aromatic heterocycles. The number of nitrogens with zero attached hydrogens (tertiary/aromatic N) is 2. The van der Waals surface area contributed by atoms with Crippen molar-refractivity contribution < 1.29 is 4.74 Å². The Bertz CT molecular complexity index is 617. The van der Waals surface area contributed by atoms with Gasteiger partial charge in [0.1, 0.15) is 0 Å². The Hall–Kier alpha value is -1.67. The number of pyridine rings is 1. The second kappa shape index (κ2) is 12.7. The Labute approximate surface area is 167 Å². The number of aromatic nitrogens is 1. The van der Waals surface area contributed by atoms with E-state index in [4.69, 9.17) is 4.74 Å².